The Hall–Kier alpha value is -2.24. The maximum Gasteiger partial charge on any atom is 0.315 e. The number of amides is 3. The maximum absolute atomic E-state index is 12.3. The number of ether oxygens (including phenoxy) is 1. The molecule has 1 unspecified atom stereocenters. The molecule has 2 N–H and O–H groups in total. The smallest absolute Gasteiger partial charge is 0.315 e. The van der Waals surface area contributed by atoms with E-state index in [1.54, 1.807) is 14.0 Å². The summed E-state index contributed by atoms with van der Waals surface area (Å²) in [6.07, 6.45) is 2.35. The quantitative estimate of drug-likeness (QED) is 0.869. The van der Waals surface area contributed by atoms with Gasteiger partial charge in [-0.25, -0.2) is 4.79 Å². The molecule has 0 aliphatic carbocycles. The Morgan fingerprint density at radius 1 is 1.29 bits per heavy atom. The van der Waals surface area contributed by atoms with Crippen molar-refractivity contribution >= 4 is 11.9 Å². The minimum Gasteiger partial charge on any atom is -0.496 e. The largest absolute Gasteiger partial charge is 0.496 e. The van der Waals surface area contributed by atoms with Crippen LogP contribution in [-0.2, 0) is 4.79 Å². The highest BCUT2D eigenvalue weighted by Crippen LogP contribution is 2.26. The summed E-state index contributed by atoms with van der Waals surface area (Å²) in [5, 5.41) is 6.05. The van der Waals surface area contributed by atoms with Gasteiger partial charge < -0.3 is 20.3 Å². The van der Waals surface area contributed by atoms with E-state index in [-0.39, 0.29) is 24.0 Å². The van der Waals surface area contributed by atoms with Crippen molar-refractivity contribution in [2.45, 2.75) is 45.2 Å². The number of hydrogen-bond acceptors (Lipinski definition) is 3. The zero-order chi connectivity index (χ0) is 17.5. The van der Waals surface area contributed by atoms with Crippen molar-refractivity contribution in [2.24, 2.45) is 0 Å². The molecule has 0 aromatic heterocycles. The number of carbonyl (C=O) groups is 2. The third-order valence-electron chi connectivity index (χ3n) is 4.50. The molecule has 0 bridgehead atoms. The summed E-state index contributed by atoms with van der Waals surface area (Å²) in [4.78, 5) is 25.5. The second-order valence-electron chi connectivity index (χ2n) is 6.10. The number of piperidine rings is 1. The van der Waals surface area contributed by atoms with E-state index < -0.39 is 0 Å². The van der Waals surface area contributed by atoms with Crippen LogP contribution in [0.3, 0.4) is 0 Å². The van der Waals surface area contributed by atoms with Crippen molar-refractivity contribution in [3.63, 3.8) is 0 Å². The van der Waals surface area contributed by atoms with Gasteiger partial charge in [-0.3, -0.25) is 4.79 Å². The molecule has 3 amide bonds. The van der Waals surface area contributed by atoms with Gasteiger partial charge in [0.2, 0.25) is 5.91 Å². The van der Waals surface area contributed by atoms with Gasteiger partial charge in [-0.05, 0) is 25.3 Å². The average molecular weight is 333 g/mol. The molecule has 1 aliphatic heterocycles. The molecule has 1 atom stereocenters. The van der Waals surface area contributed by atoms with Gasteiger partial charge in [-0.1, -0.05) is 25.1 Å². The molecular weight excluding hydrogens is 306 g/mol. The molecule has 6 nitrogen and oxygen atoms in total. The van der Waals surface area contributed by atoms with Crippen molar-refractivity contribution < 1.29 is 14.3 Å². The number of methoxy groups -OCH3 is 1. The lowest BCUT2D eigenvalue weighted by atomic mass is 10.0. The highest BCUT2D eigenvalue weighted by atomic mass is 16.5. The molecule has 0 saturated carbocycles. The molecule has 0 spiro atoms. The summed E-state index contributed by atoms with van der Waals surface area (Å²) < 4.78 is 5.38. The summed E-state index contributed by atoms with van der Waals surface area (Å²) in [5.41, 5.74) is 0.976. The Kier molecular flexibility index (Phi) is 6.46. The molecule has 2 rings (SSSR count). The fourth-order valence-corrected chi connectivity index (χ4v) is 3.08. The standard InChI is InChI=1S/C18H27N3O3/c1-4-16(15-7-5-6-8-17(15)24-3)20-18(23)19-14-9-11-21(12-10-14)13(2)22/h5-8,14,16H,4,9-12H2,1-3H3,(H2,19,20,23). The van der Waals surface area contributed by atoms with Crippen molar-refractivity contribution in [2.75, 3.05) is 20.2 Å². The topological polar surface area (TPSA) is 70.7 Å². The number of nitrogens with zero attached hydrogens (tertiary/aromatic N) is 1. The maximum atomic E-state index is 12.3. The highest BCUT2D eigenvalue weighted by molar-refractivity contribution is 5.75. The van der Waals surface area contributed by atoms with Gasteiger partial charge in [-0.15, -0.1) is 0 Å². The van der Waals surface area contributed by atoms with E-state index in [1.165, 1.54) is 0 Å². The lowest BCUT2D eigenvalue weighted by molar-refractivity contribution is -0.129. The number of likely N-dealkylation sites (tertiary alicyclic amines) is 1. The van der Waals surface area contributed by atoms with Gasteiger partial charge in [0.25, 0.3) is 0 Å². The molecule has 132 valence electrons. The molecule has 1 aromatic rings. The predicted octanol–water partition coefficient (Wildman–Crippen LogP) is 2.46. The van der Waals surface area contributed by atoms with Gasteiger partial charge in [-0.2, -0.15) is 0 Å². The molecule has 24 heavy (non-hydrogen) atoms. The average Bonchev–Trinajstić information content (AvgIpc) is 2.60. The summed E-state index contributed by atoms with van der Waals surface area (Å²) in [5.74, 6) is 0.875. The van der Waals surface area contributed by atoms with Gasteiger partial charge in [0, 0.05) is 31.6 Å². The summed E-state index contributed by atoms with van der Waals surface area (Å²) >= 11 is 0. The molecular formula is C18H27N3O3. The molecule has 1 fully saturated rings. The third-order valence-corrected chi connectivity index (χ3v) is 4.50. The van der Waals surface area contributed by atoms with E-state index in [9.17, 15) is 9.59 Å². The van der Waals surface area contributed by atoms with E-state index in [4.69, 9.17) is 4.74 Å². The molecule has 1 saturated heterocycles. The lowest BCUT2D eigenvalue weighted by Gasteiger charge is -2.32. The minimum atomic E-state index is -0.172. The summed E-state index contributed by atoms with van der Waals surface area (Å²) in [7, 11) is 1.63. The van der Waals surface area contributed by atoms with Crippen LogP contribution in [0.1, 0.15) is 44.7 Å². The van der Waals surface area contributed by atoms with Gasteiger partial charge in [0.15, 0.2) is 0 Å². The number of urea groups is 1. The van der Waals surface area contributed by atoms with E-state index >= 15 is 0 Å². The Labute approximate surface area is 143 Å². The van der Waals surface area contributed by atoms with Gasteiger partial charge >= 0.3 is 6.03 Å². The Morgan fingerprint density at radius 2 is 1.96 bits per heavy atom. The first-order valence-corrected chi connectivity index (χ1v) is 8.50. The minimum absolute atomic E-state index is 0.0973. The van der Waals surface area contributed by atoms with E-state index in [1.807, 2.05) is 36.1 Å². The zero-order valence-corrected chi connectivity index (χ0v) is 14.7. The van der Waals surface area contributed by atoms with Crippen LogP contribution in [0, 0.1) is 0 Å². The predicted molar refractivity (Wildman–Crippen MR) is 93.0 cm³/mol. The van der Waals surface area contributed by atoms with Crippen LogP contribution in [0.5, 0.6) is 5.75 Å². The van der Waals surface area contributed by atoms with Crippen molar-refractivity contribution in [1.82, 2.24) is 15.5 Å². The van der Waals surface area contributed by atoms with Crippen LogP contribution in [0.4, 0.5) is 4.79 Å². The molecule has 1 aromatic carbocycles. The van der Waals surface area contributed by atoms with Crippen LogP contribution in [0.15, 0.2) is 24.3 Å². The van der Waals surface area contributed by atoms with Gasteiger partial charge in [0.1, 0.15) is 5.75 Å². The monoisotopic (exact) mass is 333 g/mol. The first kappa shape index (κ1) is 18.1. The van der Waals surface area contributed by atoms with E-state index in [0.717, 1.165) is 30.6 Å². The zero-order valence-electron chi connectivity index (χ0n) is 14.7. The summed E-state index contributed by atoms with van der Waals surface area (Å²) in [6, 6.07) is 7.56. The van der Waals surface area contributed by atoms with Crippen LogP contribution >= 0.6 is 0 Å². The fourth-order valence-electron chi connectivity index (χ4n) is 3.08. The van der Waals surface area contributed by atoms with Crippen molar-refractivity contribution in [3.05, 3.63) is 29.8 Å². The Morgan fingerprint density at radius 3 is 2.54 bits per heavy atom. The van der Waals surface area contributed by atoms with E-state index in [2.05, 4.69) is 10.6 Å². The van der Waals surface area contributed by atoms with Crippen molar-refractivity contribution in [1.29, 1.82) is 0 Å². The molecule has 0 radical (unpaired) electrons. The van der Waals surface area contributed by atoms with Crippen LogP contribution in [0.25, 0.3) is 0 Å². The third kappa shape index (κ3) is 4.63. The second-order valence-corrected chi connectivity index (χ2v) is 6.10. The van der Waals surface area contributed by atoms with Crippen LogP contribution in [-0.4, -0.2) is 43.1 Å². The normalized spacial score (nSPS) is 16.4. The second kappa shape index (κ2) is 8.57. The fraction of sp³-hybridized carbons (Fsp3) is 0.556. The Bertz CT molecular complexity index is 568. The molecule has 1 aliphatic rings. The van der Waals surface area contributed by atoms with Crippen molar-refractivity contribution in [3.8, 4) is 5.75 Å². The number of hydrogen-bond donors (Lipinski definition) is 2. The SMILES string of the molecule is CCC(NC(=O)NC1CCN(C(C)=O)CC1)c1ccccc1OC. The van der Waals surface area contributed by atoms with E-state index in [0.29, 0.717) is 13.1 Å². The first-order chi connectivity index (χ1) is 11.5. The first-order valence-electron chi connectivity index (χ1n) is 8.50. The Balaban J connectivity index is 1.90. The van der Waals surface area contributed by atoms with Gasteiger partial charge in [0.05, 0.1) is 13.2 Å². The van der Waals surface area contributed by atoms with Crippen LogP contribution in [0.2, 0.25) is 0 Å². The highest BCUT2D eigenvalue weighted by Gasteiger charge is 2.23. The number of nitrogens with one attached hydrogen (secondary N) is 2. The molecule has 6 heteroatoms. The summed E-state index contributed by atoms with van der Waals surface area (Å²) in [6.45, 7) is 5.01. The molecule has 1 heterocycles. The number of benzene rings is 1. The number of carbonyl (C=O) groups excluding carboxylic acids is 2. The lowest BCUT2D eigenvalue weighted by Crippen LogP contribution is -2.49. The number of para-hydroxylation sites is 1. The number of rotatable bonds is 5. The van der Waals surface area contributed by atoms with Crippen LogP contribution < -0.4 is 15.4 Å².